The second-order valence-electron chi connectivity index (χ2n) is 11.7. The van der Waals surface area contributed by atoms with Crippen molar-refractivity contribution in [2.45, 2.75) is 78.9 Å². The average molecular weight is 537 g/mol. The van der Waals surface area contributed by atoms with Gasteiger partial charge in [0.25, 0.3) is 0 Å². The molecule has 0 fully saturated rings. The van der Waals surface area contributed by atoms with E-state index in [2.05, 4.69) is 78.6 Å². The van der Waals surface area contributed by atoms with Gasteiger partial charge in [-0.05, 0) is 102 Å². The van der Waals surface area contributed by atoms with Crippen LogP contribution in [0.4, 0.5) is 5.69 Å². The van der Waals surface area contributed by atoms with E-state index < -0.39 is 0 Å². The van der Waals surface area contributed by atoms with Crippen LogP contribution < -0.4 is 9.47 Å². The molecule has 0 N–H and O–H groups in total. The van der Waals surface area contributed by atoms with Crippen molar-refractivity contribution in [3.8, 4) is 22.9 Å². The van der Waals surface area contributed by atoms with Gasteiger partial charge in [-0.3, -0.25) is 4.99 Å². The van der Waals surface area contributed by atoms with Crippen molar-refractivity contribution in [2.75, 3.05) is 7.11 Å². The molecule has 40 heavy (non-hydrogen) atoms. The molecular formula is C34H40N4O2. The number of hydrogen-bond acceptors (Lipinski definition) is 5. The summed E-state index contributed by atoms with van der Waals surface area (Å²) in [5, 5.41) is 8.89. The summed E-state index contributed by atoms with van der Waals surface area (Å²) in [6.45, 7) is 12.5. The van der Waals surface area contributed by atoms with Crippen LogP contribution in [0.2, 0.25) is 0 Å². The number of hydrogen-bond donors (Lipinski definition) is 0. The fourth-order valence-corrected chi connectivity index (χ4v) is 5.23. The van der Waals surface area contributed by atoms with E-state index in [9.17, 15) is 0 Å². The minimum absolute atomic E-state index is 0.119. The van der Waals surface area contributed by atoms with Gasteiger partial charge in [0.1, 0.15) is 12.4 Å². The summed E-state index contributed by atoms with van der Waals surface area (Å²) in [6, 6.07) is 18.7. The molecule has 0 spiro atoms. The van der Waals surface area contributed by atoms with E-state index in [0.29, 0.717) is 12.4 Å². The minimum atomic E-state index is 0.119. The summed E-state index contributed by atoms with van der Waals surface area (Å²) < 4.78 is 14.2. The average Bonchev–Trinajstić information content (AvgIpc) is 3.19. The van der Waals surface area contributed by atoms with Crippen LogP contribution in [0, 0.1) is 13.8 Å². The van der Waals surface area contributed by atoms with Gasteiger partial charge >= 0.3 is 0 Å². The third kappa shape index (κ3) is 6.11. The molecule has 0 atom stereocenters. The molecule has 1 aliphatic rings. The van der Waals surface area contributed by atoms with E-state index >= 15 is 0 Å². The third-order valence-electron chi connectivity index (χ3n) is 7.72. The maximum atomic E-state index is 6.23. The zero-order valence-electron chi connectivity index (χ0n) is 24.6. The van der Waals surface area contributed by atoms with Crippen LogP contribution >= 0.6 is 0 Å². The SMILES string of the molecule is COc1cc(C=Nc2ccc(-c3nnc4n3CCCCC4)cc2)ccc1OCc1c(C)cc(C(C)(C)C)cc1C. The van der Waals surface area contributed by atoms with E-state index in [1.54, 1.807) is 7.11 Å². The number of methoxy groups -OCH3 is 1. The second kappa shape index (κ2) is 11.7. The van der Waals surface area contributed by atoms with Crippen molar-refractivity contribution in [1.82, 2.24) is 14.8 Å². The minimum Gasteiger partial charge on any atom is -0.493 e. The number of aliphatic imine (C=N–C) groups is 1. The molecule has 0 unspecified atom stereocenters. The maximum absolute atomic E-state index is 6.23. The first-order valence-corrected chi connectivity index (χ1v) is 14.2. The molecule has 1 aliphatic heterocycles. The monoisotopic (exact) mass is 536 g/mol. The Morgan fingerprint density at radius 1 is 0.900 bits per heavy atom. The molecule has 0 saturated carbocycles. The first-order valence-electron chi connectivity index (χ1n) is 14.2. The fourth-order valence-electron chi connectivity index (χ4n) is 5.23. The molecule has 0 bridgehead atoms. The number of nitrogens with zero attached hydrogens (tertiary/aromatic N) is 4. The van der Waals surface area contributed by atoms with Gasteiger partial charge in [0.15, 0.2) is 17.3 Å². The van der Waals surface area contributed by atoms with Crippen LogP contribution in [0.3, 0.4) is 0 Å². The molecule has 4 aromatic rings. The first kappa shape index (κ1) is 27.6. The number of rotatable bonds is 7. The van der Waals surface area contributed by atoms with Crippen LogP contribution in [0.5, 0.6) is 11.5 Å². The highest BCUT2D eigenvalue weighted by Gasteiger charge is 2.18. The second-order valence-corrected chi connectivity index (χ2v) is 11.7. The molecular weight excluding hydrogens is 496 g/mol. The van der Waals surface area contributed by atoms with Crippen LogP contribution in [0.1, 0.15) is 73.7 Å². The van der Waals surface area contributed by atoms with Gasteiger partial charge in [-0.2, -0.15) is 0 Å². The highest BCUT2D eigenvalue weighted by Crippen LogP contribution is 2.31. The highest BCUT2D eigenvalue weighted by atomic mass is 16.5. The van der Waals surface area contributed by atoms with E-state index in [0.717, 1.165) is 47.2 Å². The smallest absolute Gasteiger partial charge is 0.163 e. The van der Waals surface area contributed by atoms with Crippen molar-refractivity contribution in [2.24, 2.45) is 4.99 Å². The Morgan fingerprint density at radius 3 is 2.35 bits per heavy atom. The zero-order chi connectivity index (χ0) is 28.3. The summed E-state index contributed by atoms with van der Waals surface area (Å²) in [4.78, 5) is 4.69. The number of ether oxygens (including phenoxy) is 2. The van der Waals surface area contributed by atoms with Crippen LogP contribution in [0.15, 0.2) is 59.6 Å². The van der Waals surface area contributed by atoms with E-state index in [1.165, 1.54) is 41.5 Å². The van der Waals surface area contributed by atoms with Gasteiger partial charge in [-0.1, -0.05) is 39.3 Å². The Morgan fingerprint density at radius 2 is 1.65 bits per heavy atom. The van der Waals surface area contributed by atoms with Gasteiger partial charge in [0.05, 0.1) is 12.8 Å². The number of aryl methyl sites for hydroxylation is 3. The number of aromatic nitrogens is 3. The van der Waals surface area contributed by atoms with Crippen molar-refractivity contribution in [3.63, 3.8) is 0 Å². The first-order chi connectivity index (χ1) is 19.2. The van der Waals surface area contributed by atoms with Gasteiger partial charge in [-0.15, -0.1) is 10.2 Å². The Hall–Kier alpha value is -3.93. The molecule has 0 saturated heterocycles. The van der Waals surface area contributed by atoms with Crippen LogP contribution in [-0.2, 0) is 25.0 Å². The van der Waals surface area contributed by atoms with Crippen LogP contribution in [0.25, 0.3) is 11.4 Å². The fraction of sp³-hybridized carbons (Fsp3) is 0.382. The Labute approximate surface area is 238 Å². The predicted octanol–water partition coefficient (Wildman–Crippen LogP) is 7.92. The van der Waals surface area contributed by atoms with Crippen molar-refractivity contribution in [1.29, 1.82) is 0 Å². The van der Waals surface area contributed by atoms with E-state index in [1.807, 2.05) is 36.5 Å². The van der Waals surface area contributed by atoms with Crippen molar-refractivity contribution < 1.29 is 9.47 Å². The molecule has 5 rings (SSSR count). The van der Waals surface area contributed by atoms with Gasteiger partial charge in [0, 0.05) is 24.7 Å². The molecule has 0 aliphatic carbocycles. The summed E-state index contributed by atoms with van der Waals surface area (Å²) in [6.07, 6.45) is 6.47. The van der Waals surface area contributed by atoms with E-state index in [-0.39, 0.29) is 5.41 Å². The van der Waals surface area contributed by atoms with Gasteiger partial charge < -0.3 is 14.0 Å². The molecule has 1 aromatic heterocycles. The lowest BCUT2D eigenvalue weighted by Crippen LogP contribution is -2.13. The summed E-state index contributed by atoms with van der Waals surface area (Å²) in [5.41, 5.74) is 8.06. The molecule has 0 amide bonds. The van der Waals surface area contributed by atoms with Crippen molar-refractivity contribution in [3.05, 3.63) is 88.2 Å². The predicted molar refractivity (Wildman–Crippen MR) is 162 cm³/mol. The maximum Gasteiger partial charge on any atom is 0.163 e. The van der Waals surface area contributed by atoms with Crippen LogP contribution in [-0.4, -0.2) is 28.1 Å². The summed E-state index contributed by atoms with van der Waals surface area (Å²) in [7, 11) is 1.67. The molecule has 3 aromatic carbocycles. The van der Waals surface area contributed by atoms with Gasteiger partial charge in [-0.25, -0.2) is 0 Å². The molecule has 6 nitrogen and oxygen atoms in total. The van der Waals surface area contributed by atoms with E-state index in [4.69, 9.17) is 9.47 Å². The quantitative estimate of drug-likeness (QED) is 0.225. The Balaban J connectivity index is 1.27. The largest absolute Gasteiger partial charge is 0.493 e. The lowest BCUT2D eigenvalue weighted by Gasteiger charge is -2.22. The highest BCUT2D eigenvalue weighted by molar-refractivity contribution is 5.83. The number of benzene rings is 3. The molecule has 2 heterocycles. The third-order valence-corrected chi connectivity index (χ3v) is 7.72. The molecule has 6 heteroatoms. The normalized spacial score (nSPS) is 13.8. The summed E-state index contributed by atoms with van der Waals surface area (Å²) >= 11 is 0. The Bertz CT molecular complexity index is 1490. The standard InChI is InChI=1S/C34H40N4O2/c1-23-18-27(34(3,4)5)19-24(2)29(23)22-40-30-16-11-25(20-31(30)39-6)21-35-28-14-12-26(13-15-28)33-37-36-32-10-8-7-9-17-38(32)33/h11-16,18-21H,7-10,17,22H2,1-6H3. The lowest BCUT2D eigenvalue weighted by atomic mass is 9.84. The molecule has 208 valence electrons. The van der Waals surface area contributed by atoms with Crippen molar-refractivity contribution >= 4 is 11.9 Å². The zero-order valence-corrected chi connectivity index (χ0v) is 24.6. The Kier molecular flexibility index (Phi) is 8.06. The molecule has 0 radical (unpaired) electrons. The van der Waals surface area contributed by atoms with Gasteiger partial charge in [0.2, 0.25) is 0 Å². The summed E-state index contributed by atoms with van der Waals surface area (Å²) in [5.74, 6) is 3.45. The lowest BCUT2D eigenvalue weighted by molar-refractivity contribution is 0.283. The topological polar surface area (TPSA) is 61.5 Å². The number of fused-ring (bicyclic) bond motifs is 1.